The maximum Gasteiger partial charge on any atom is 0.274 e. The Morgan fingerprint density at radius 2 is 2.11 bits per heavy atom. The smallest absolute Gasteiger partial charge is 0.274 e. The van der Waals surface area contributed by atoms with E-state index in [1.807, 2.05) is 44.2 Å². The number of aromatic amines is 1. The molecule has 0 unspecified atom stereocenters. The zero-order valence-electron chi connectivity index (χ0n) is 11.1. The Balaban J connectivity index is 2.11. The van der Waals surface area contributed by atoms with Crippen molar-refractivity contribution in [1.82, 2.24) is 15.5 Å². The highest BCUT2D eigenvalue weighted by molar-refractivity contribution is 5.97. The van der Waals surface area contributed by atoms with E-state index in [4.69, 9.17) is 5.73 Å². The van der Waals surface area contributed by atoms with Crippen LogP contribution in [0.4, 0.5) is 5.69 Å². The third-order valence-corrected chi connectivity index (χ3v) is 3.10. The summed E-state index contributed by atoms with van der Waals surface area (Å²) < 4.78 is 0. The van der Waals surface area contributed by atoms with E-state index < -0.39 is 0 Å². The van der Waals surface area contributed by atoms with Crippen molar-refractivity contribution < 1.29 is 4.79 Å². The number of aryl methyl sites for hydroxylation is 1. The second-order valence-corrected chi connectivity index (χ2v) is 4.42. The molecule has 0 radical (unpaired) electrons. The second-order valence-electron chi connectivity index (χ2n) is 4.42. The summed E-state index contributed by atoms with van der Waals surface area (Å²) in [6.45, 7) is 3.88. The van der Waals surface area contributed by atoms with E-state index in [9.17, 15) is 4.79 Å². The molecule has 1 amide bonds. The molecule has 1 atom stereocenters. The standard InChI is InChI=1S/C14H18N4O/c1-3-11-12(15)13(18-17-11)14(19)16-9(2)10-7-5-4-6-8-10/h4-9H,3,15H2,1-2H3,(H,16,19)(H,17,18)/t9-/m0/s1. The van der Waals surface area contributed by atoms with Crippen LogP contribution in [0.25, 0.3) is 0 Å². The minimum absolute atomic E-state index is 0.0881. The van der Waals surface area contributed by atoms with Gasteiger partial charge in [0.1, 0.15) is 0 Å². The summed E-state index contributed by atoms with van der Waals surface area (Å²) in [5, 5.41) is 9.64. The Kier molecular flexibility index (Phi) is 3.85. The molecule has 0 aliphatic heterocycles. The highest BCUT2D eigenvalue weighted by Gasteiger charge is 2.18. The number of carbonyl (C=O) groups is 1. The summed E-state index contributed by atoms with van der Waals surface area (Å²) in [6, 6.07) is 9.67. The van der Waals surface area contributed by atoms with Gasteiger partial charge < -0.3 is 11.1 Å². The van der Waals surface area contributed by atoms with Crippen LogP contribution in [0, 0.1) is 0 Å². The molecule has 0 saturated heterocycles. The van der Waals surface area contributed by atoms with Crippen molar-refractivity contribution in [2.24, 2.45) is 0 Å². The van der Waals surface area contributed by atoms with Crippen LogP contribution in [0.3, 0.4) is 0 Å². The first-order valence-electron chi connectivity index (χ1n) is 6.32. The SMILES string of the molecule is CCc1[nH]nc(C(=O)N[C@@H](C)c2ccccc2)c1N. The summed E-state index contributed by atoms with van der Waals surface area (Å²) in [6.07, 6.45) is 0.723. The molecule has 0 saturated carbocycles. The van der Waals surface area contributed by atoms with E-state index in [-0.39, 0.29) is 17.6 Å². The van der Waals surface area contributed by atoms with Gasteiger partial charge >= 0.3 is 0 Å². The second kappa shape index (κ2) is 5.56. The number of anilines is 1. The topological polar surface area (TPSA) is 83.8 Å². The van der Waals surface area contributed by atoms with E-state index in [0.717, 1.165) is 17.7 Å². The zero-order chi connectivity index (χ0) is 13.8. The molecule has 2 rings (SSSR count). The van der Waals surface area contributed by atoms with E-state index in [1.54, 1.807) is 0 Å². The minimum atomic E-state index is -0.259. The van der Waals surface area contributed by atoms with Crippen LogP contribution in [0.15, 0.2) is 30.3 Å². The van der Waals surface area contributed by atoms with Crippen molar-refractivity contribution in [1.29, 1.82) is 0 Å². The fourth-order valence-electron chi connectivity index (χ4n) is 1.92. The summed E-state index contributed by atoms with van der Waals surface area (Å²) >= 11 is 0. The predicted molar refractivity (Wildman–Crippen MR) is 74.7 cm³/mol. The largest absolute Gasteiger partial charge is 0.395 e. The first-order valence-corrected chi connectivity index (χ1v) is 6.32. The molecule has 0 aliphatic rings. The number of nitrogen functional groups attached to an aromatic ring is 1. The number of amides is 1. The van der Waals surface area contributed by atoms with Crippen molar-refractivity contribution in [2.75, 3.05) is 5.73 Å². The number of hydrogen-bond donors (Lipinski definition) is 3. The van der Waals surface area contributed by atoms with Crippen LogP contribution in [0.1, 0.15) is 41.6 Å². The van der Waals surface area contributed by atoms with Crippen molar-refractivity contribution in [3.05, 3.63) is 47.3 Å². The summed E-state index contributed by atoms with van der Waals surface area (Å²) in [5.41, 5.74) is 8.40. The highest BCUT2D eigenvalue weighted by Crippen LogP contribution is 2.16. The molecule has 19 heavy (non-hydrogen) atoms. The molecule has 1 heterocycles. The van der Waals surface area contributed by atoms with Gasteiger partial charge in [0.15, 0.2) is 5.69 Å². The van der Waals surface area contributed by atoms with Crippen LogP contribution in [0.5, 0.6) is 0 Å². The molecule has 5 heteroatoms. The van der Waals surface area contributed by atoms with Gasteiger partial charge in [-0.2, -0.15) is 5.10 Å². The van der Waals surface area contributed by atoms with Crippen molar-refractivity contribution in [3.63, 3.8) is 0 Å². The maximum atomic E-state index is 12.1. The summed E-state index contributed by atoms with van der Waals surface area (Å²) in [5.74, 6) is -0.259. The number of benzene rings is 1. The number of hydrogen-bond acceptors (Lipinski definition) is 3. The molecule has 0 fully saturated rings. The van der Waals surface area contributed by atoms with Gasteiger partial charge in [-0.15, -0.1) is 0 Å². The molecular formula is C14H18N4O. The monoisotopic (exact) mass is 258 g/mol. The molecule has 1 aromatic carbocycles. The fourth-order valence-corrected chi connectivity index (χ4v) is 1.92. The van der Waals surface area contributed by atoms with Gasteiger partial charge in [-0.25, -0.2) is 0 Å². The van der Waals surface area contributed by atoms with Gasteiger partial charge in [0, 0.05) is 0 Å². The molecule has 0 bridgehead atoms. The first kappa shape index (κ1) is 13.1. The number of carbonyl (C=O) groups excluding carboxylic acids is 1. The van der Waals surface area contributed by atoms with E-state index in [2.05, 4.69) is 15.5 Å². The highest BCUT2D eigenvalue weighted by atomic mass is 16.2. The van der Waals surface area contributed by atoms with Crippen molar-refractivity contribution in [2.45, 2.75) is 26.3 Å². The number of nitrogens with one attached hydrogen (secondary N) is 2. The molecule has 2 aromatic rings. The van der Waals surface area contributed by atoms with Gasteiger partial charge in [0.25, 0.3) is 5.91 Å². The molecule has 0 spiro atoms. The van der Waals surface area contributed by atoms with E-state index in [1.165, 1.54) is 0 Å². The van der Waals surface area contributed by atoms with E-state index >= 15 is 0 Å². The van der Waals surface area contributed by atoms with E-state index in [0.29, 0.717) is 5.69 Å². The van der Waals surface area contributed by atoms with Gasteiger partial charge in [-0.1, -0.05) is 37.3 Å². The Labute approximate surface area is 112 Å². The number of nitrogens with zero attached hydrogens (tertiary/aromatic N) is 1. The number of nitrogens with two attached hydrogens (primary N) is 1. The molecule has 100 valence electrons. The lowest BCUT2D eigenvalue weighted by molar-refractivity contribution is 0.0935. The lowest BCUT2D eigenvalue weighted by atomic mass is 10.1. The van der Waals surface area contributed by atoms with Gasteiger partial charge in [-0.05, 0) is 18.9 Å². The number of aromatic nitrogens is 2. The van der Waals surface area contributed by atoms with Crippen molar-refractivity contribution in [3.8, 4) is 0 Å². The average molecular weight is 258 g/mol. The molecule has 0 aliphatic carbocycles. The average Bonchev–Trinajstić information content (AvgIpc) is 2.80. The molecule has 1 aromatic heterocycles. The van der Waals surface area contributed by atoms with Crippen LogP contribution >= 0.6 is 0 Å². The predicted octanol–water partition coefficient (Wildman–Crippen LogP) is 2.05. The Hall–Kier alpha value is -2.30. The summed E-state index contributed by atoms with van der Waals surface area (Å²) in [7, 11) is 0. The quantitative estimate of drug-likeness (QED) is 0.784. The normalized spacial score (nSPS) is 12.1. The van der Waals surface area contributed by atoms with Crippen LogP contribution < -0.4 is 11.1 Å². The van der Waals surface area contributed by atoms with Crippen molar-refractivity contribution >= 4 is 11.6 Å². The molecular weight excluding hydrogens is 240 g/mol. The lowest BCUT2D eigenvalue weighted by Crippen LogP contribution is -2.27. The summed E-state index contributed by atoms with van der Waals surface area (Å²) in [4.78, 5) is 12.1. The van der Waals surface area contributed by atoms with Crippen LogP contribution in [0.2, 0.25) is 0 Å². The fraction of sp³-hybridized carbons (Fsp3) is 0.286. The Morgan fingerprint density at radius 3 is 2.68 bits per heavy atom. The third kappa shape index (κ3) is 2.76. The van der Waals surface area contributed by atoms with Crippen LogP contribution in [-0.2, 0) is 6.42 Å². The molecule has 4 N–H and O–H groups in total. The maximum absolute atomic E-state index is 12.1. The first-order chi connectivity index (χ1) is 9.13. The Bertz CT molecular complexity index is 562. The Morgan fingerprint density at radius 1 is 1.42 bits per heavy atom. The van der Waals surface area contributed by atoms with Gasteiger partial charge in [-0.3, -0.25) is 9.89 Å². The van der Waals surface area contributed by atoms with Gasteiger partial charge in [0.2, 0.25) is 0 Å². The molecule has 5 nitrogen and oxygen atoms in total. The number of rotatable bonds is 4. The lowest BCUT2D eigenvalue weighted by Gasteiger charge is -2.13. The zero-order valence-corrected chi connectivity index (χ0v) is 11.1. The third-order valence-electron chi connectivity index (χ3n) is 3.10. The van der Waals surface area contributed by atoms with Gasteiger partial charge in [0.05, 0.1) is 17.4 Å². The minimum Gasteiger partial charge on any atom is -0.395 e. The van der Waals surface area contributed by atoms with Crippen LogP contribution in [-0.4, -0.2) is 16.1 Å². The number of H-pyrrole nitrogens is 1.